The molecule has 0 radical (unpaired) electrons. The lowest BCUT2D eigenvalue weighted by Crippen LogP contribution is -2.48. The number of piperazine rings is 1. The number of carbonyl (C=O) groups excluding carboxylic acids is 1. The van der Waals surface area contributed by atoms with Gasteiger partial charge in [-0.1, -0.05) is 35.5 Å². The normalized spacial score (nSPS) is 15.6. The van der Waals surface area contributed by atoms with Crippen LogP contribution in [0.1, 0.15) is 34.7 Å². The fourth-order valence-corrected chi connectivity index (χ4v) is 3.89. The van der Waals surface area contributed by atoms with E-state index in [4.69, 9.17) is 9.26 Å². The van der Waals surface area contributed by atoms with Crippen molar-refractivity contribution in [1.82, 2.24) is 15.0 Å². The number of amides is 1. The van der Waals surface area contributed by atoms with Gasteiger partial charge in [0.15, 0.2) is 0 Å². The lowest BCUT2D eigenvalue weighted by Gasteiger charge is -2.34. The number of carbonyl (C=O) groups is 1. The molecule has 1 atom stereocenters. The molecule has 2 aromatic carbocycles. The fourth-order valence-electron chi connectivity index (χ4n) is 3.89. The van der Waals surface area contributed by atoms with E-state index in [9.17, 15) is 9.90 Å². The van der Waals surface area contributed by atoms with E-state index in [1.807, 2.05) is 42.5 Å². The third-order valence-corrected chi connectivity index (χ3v) is 5.61. The monoisotopic (exact) mass is 421 g/mol. The van der Waals surface area contributed by atoms with E-state index >= 15 is 0 Å². The summed E-state index contributed by atoms with van der Waals surface area (Å²) in [4.78, 5) is 17.3. The number of hydrogen-bond donors (Lipinski definition) is 1. The Kier molecular flexibility index (Phi) is 6.34. The van der Waals surface area contributed by atoms with Gasteiger partial charge in [0, 0.05) is 38.3 Å². The average Bonchev–Trinajstić information content (AvgIpc) is 3.25. The molecule has 1 saturated heterocycles. The molecule has 162 valence electrons. The molecule has 1 aliphatic heterocycles. The van der Waals surface area contributed by atoms with Crippen molar-refractivity contribution in [1.29, 1.82) is 0 Å². The molecule has 7 nitrogen and oxygen atoms in total. The van der Waals surface area contributed by atoms with Crippen LogP contribution in [0.5, 0.6) is 5.75 Å². The summed E-state index contributed by atoms with van der Waals surface area (Å²) in [6.45, 7) is 5.25. The SMILES string of the molecule is COc1ccc(-c2noc(C(=O)N3CCN(Cc4ccccc4)CC3)c2C(C)O)cc1. The first-order chi connectivity index (χ1) is 15.1. The maximum atomic E-state index is 13.2. The van der Waals surface area contributed by atoms with Crippen LogP contribution in [-0.2, 0) is 6.54 Å². The molecule has 1 amide bonds. The predicted octanol–water partition coefficient (Wildman–Crippen LogP) is 3.36. The summed E-state index contributed by atoms with van der Waals surface area (Å²) in [6, 6.07) is 17.6. The van der Waals surface area contributed by atoms with Crippen LogP contribution in [0.4, 0.5) is 0 Å². The Balaban J connectivity index is 1.48. The van der Waals surface area contributed by atoms with E-state index < -0.39 is 6.10 Å². The maximum Gasteiger partial charge on any atom is 0.292 e. The van der Waals surface area contributed by atoms with E-state index in [-0.39, 0.29) is 11.7 Å². The van der Waals surface area contributed by atoms with Crippen molar-refractivity contribution in [3.05, 3.63) is 71.5 Å². The second-order valence-corrected chi connectivity index (χ2v) is 7.73. The number of methoxy groups -OCH3 is 1. The van der Waals surface area contributed by atoms with Gasteiger partial charge in [-0.25, -0.2) is 0 Å². The first kappa shape index (κ1) is 21.1. The summed E-state index contributed by atoms with van der Waals surface area (Å²) in [7, 11) is 1.60. The first-order valence-electron chi connectivity index (χ1n) is 10.4. The van der Waals surface area contributed by atoms with Crippen LogP contribution >= 0.6 is 0 Å². The number of ether oxygens (including phenoxy) is 1. The zero-order valence-corrected chi connectivity index (χ0v) is 17.8. The standard InChI is InChI=1S/C24H27N3O4/c1-17(28)21-22(19-8-10-20(30-2)11-9-19)25-31-23(21)24(29)27-14-12-26(13-15-27)16-18-6-4-3-5-7-18/h3-11,17,28H,12-16H2,1-2H3. The molecule has 31 heavy (non-hydrogen) atoms. The Labute approximate surface area is 181 Å². The van der Waals surface area contributed by atoms with Crippen molar-refractivity contribution in [2.45, 2.75) is 19.6 Å². The third-order valence-electron chi connectivity index (χ3n) is 5.61. The highest BCUT2D eigenvalue weighted by Gasteiger charge is 2.31. The van der Waals surface area contributed by atoms with Crippen LogP contribution in [0, 0.1) is 0 Å². The van der Waals surface area contributed by atoms with E-state index in [0.717, 1.165) is 30.9 Å². The summed E-state index contributed by atoms with van der Waals surface area (Å²) < 4.78 is 10.7. The number of aliphatic hydroxyl groups excluding tert-OH is 1. The van der Waals surface area contributed by atoms with Crippen molar-refractivity contribution in [2.75, 3.05) is 33.3 Å². The highest BCUT2D eigenvalue weighted by atomic mass is 16.5. The van der Waals surface area contributed by atoms with Crippen molar-refractivity contribution in [3.63, 3.8) is 0 Å². The number of nitrogens with zero attached hydrogens (tertiary/aromatic N) is 3. The quantitative estimate of drug-likeness (QED) is 0.658. The molecule has 7 heteroatoms. The summed E-state index contributed by atoms with van der Waals surface area (Å²) in [5, 5.41) is 14.5. The smallest absolute Gasteiger partial charge is 0.292 e. The average molecular weight is 421 g/mol. The molecule has 0 bridgehead atoms. The van der Waals surface area contributed by atoms with Gasteiger partial charge in [0.05, 0.1) is 18.8 Å². The highest BCUT2D eigenvalue weighted by molar-refractivity contribution is 5.94. The lowest BCUT2D eigenvalue weighted by molar-refractivity contribution is 0.0581. The molecule has 1 fully saturated rings. The first-order valence-corrected chi connectivity index (χ1v) is 10.4. The Morgan fingerprint density at radius 3 is 2.39 bits per heavy atom. The van der Waals surface area contributed by atoms with E-state index in [0.29, 0.717) is 24.3 Å². The molecule has 0 aliphatic carbocycles. The predicted molar refractivity (Wildman–Crippen MR) is 117 cm³/mol. The van der Waals surface area contributed by atoms with Gasteiger partial charge in [-0.2, -0.15) is 0 Å². The van der Waals surface area contributed by atoms with Crippen molar-refractivity contribution in [3.8, 4) is 17.0 Å². The molecule has 0 spiro atoms. The van der Waals surface area contributed by atoms with E-state index in [2.05, 4.69) is 22.2 Å². The number of hydrogen-bond acceptors (Lipinski definition) is 6. The van der Waals surface area contributed by atoms with Gasteiger partial charge in [0.25, 0.3) is 5.91 Å². The zero-order valence-electron chi connectivity index (χ0n) is 17.8. The van der Waals surface area contributed by atoms with Crippen LogP contribution in [0.2, 0.25) is 0 Å². The van der Waals surface area contributed by atoms with Gasteiger partial charge < -0.3 is 19.3 Å². The molecule has 3 aromatic rings. The molecule has 1 N–H and O–H groups in total. The highest BCUT2D eigenvalue weighted by Crippen LogP contribution is 2.32. The van der Waals surface area contributed by atoms with Crippen LogP contribution in [0.25, 0.3) is 11.3 Å². The second kappa shape index (κ2) is 9.32. The van der Waals surface area contributed by atoms with Gasteiger partial charge in [0.1, 0.15) is 11.4 Å². The van der Waals surface area contributed by atoms with Crippen LogP contribution in [-0.4, -0.2) is 59.3 Å². The molecular weight excluding hydrogens is 394 g/mol. The van der Waals surface area contributed by atoms with E-state index in [1.54, 1.807) is 18.9 Å². The van der Waals surface area contributed by atoms with E-state index in [1.165, 1.54) is 5.56 Å². The van der Waals surface area contributed by atoms with Gasteiger partial charge >= 0.3 is 0 Å². The molecule has 1 aliphatic rings. The Morgan fingerprint density at radius 2 is 1.77 bits per heavy atom. The van der Waals surface area contributed by atoms with Crippen molar-refractivity contribution >= 4 is 5.91 Å². The molecular formula is C24H27N3O4. The molecule has 4 rings (SSSR count). The lowest BCUT2D eigenvalue weighted by atomic mass is 10.0. The summed E-state index contributed by atoms with van der Waals surface area (Å²) >= 11 is 0. The second-order valence-electron chi connectivity index (χ2n) is 7.73. The zero-order chi connectivity index (χ0) is 21.8. The number of rotatable bonds is 6. The molecule has 0 saturated carbocycles. The Morgan fingerprint density at radius 1 is 1.10 bits per heavy atom. The minimum absolute atomic E-state index is 0.109. The Hall–Kier alpha value is -3.16. The minimum atomic E-state index is -0.887. The molecule has 2 heterocycles. The van der Waals surface area contributed by atoms with Gasteiger partial charge in [-0.15, -0.1) is 0 Å². The van der Waals surface area contributed by atoms with Crippen LogP contribution in [0.15, 0.2) is 59.1 Å². The van der Waals surface area contributed by atoms with Gasteiger partial charge in [-0.05, 0) is 36.8 Å². The topological polar surface area (TPSA) is 79.0 Å². The number of aromatic nitrogens is 1. The largest absolute Gasteiger partial charge is 0.497 e. The van der Waals surface area contributed by atoms with Gasteiger partial charge in [0.2, 0.25) is 5.76 Å². The summed E-state index contributed by atoms with van der Waals surface area (Å²) in [6.07, 6.45) is -0.887. The van der Waals surface area contributed by atoms with Crippen LogP contribution < -0.4 is 4.74 Å². The van der Waals surface area contributed by atoms with Crippen molar-refractivity contribution < 1.29 is 19.2 Å². The summed E-state index contributed by atoms with van der Waals surface area (Å²) in [5.74, 6) is 0.593. The molecule has 1 aromatic heterocycles. The van der Waals surface area contributed by atoms with Gasteiger partial charge in [-0.3, -0.25) is 9.69 Å². The molecule has 1 unspecified atom stereocenters. The number of aliphatic hydroxyl groups is 1. The third kappa shape index (κ3) is 4.62. The summed E-state index contributed by atoms with van der Waals surface area (Å²) in [5.41, 5.74) is 2.91. The minimum Gasteiger partial charge on any atom is -0.497 e. The Bertz CT molecular complexity index is 1010. The van der Waals surface area contributed by atoms with Crippen molar-refractivity contribution in [2.24, 2.45) is 0 Å². The maximum absolute atomic E-state index is 13.2. The fraction of sp³-hybridized carbons (Fsp3) is 0.333. The number of benzene rings is 2. The van der Waals surface area contributed by atoms with Crippen LogP contribution in [0.3, 0.4) is 0 Å².